The molecule has 6 heteroatoms. The number of nitrogens with one attached hydrogen (secondary N) is 2. The van der Waals surface area contributed by atoms with Crippen LogP contribution in [0.2, 0.25) is 0 Å². The minimum absolute atomic E-state index is 0.767. The van der Waals surface area contributed by atoms with Gasteiger partial charge in [0.05, 0.1) is 0 Å². The SMILES string of the molecule is C1=NCCCCN=Cc2ccccc2Nc2ccccc2C=NCCCCN=Cc2ccccc2Nc2ccccc21. The molecule has 6 nitrogen and oxygen atoms in total. The van der Waals surface area contributed by atoms with Crippen LogP contribution in [0.3, 0.4) is 0 Å². The Morgan fingerprint density at radius 1 is 0.333 bits per heavy atom. The van der Waals surface area contributed by atoms with Gasteiger partial charge in [0.15, 0.2) is 0 Å². The Morgan fingerprint density at radius 3 is 0.833 bits per heavy atom. The molecule has 2 N–H and O–H groups in total. The molecule has 0 aliphatic carbocycles. The summed E-state index contributed by atoms with van der Waals surface area (Å²) >= 11 is 0. The minimum atomic E-state index is 0.767. The fourth-order valence-corrected chi connectivity index (χ4v) is 4.65. The van der Waals surface area contributed by atoms with Crippen molar-refractivity contribution in [3.63, 3.8) is 0 Å². The van der Waals surface area contributed by atoms with Crippen molar-refractivity contribution in [1.29, 1.82) is 0 Å². The molecule has 0 unspecified atom stereocenters. The van der Waals surface area contributed by atoms with Crippen LogP contribution in [0.4, 0.5) is 22.7 Å². The molecule has 4 aromatic rings. The number of aliphatic imine (C=N–C) groups is 4. The molecule has 212 valence electrons. The first kappa shape index (κ1) is 28.7. The van der Waals surface area contributed by atoms with Crippen LogP contribution in [0.15, 0.2) is 117 Å². The van der Waals surface area contributed by atoms with Crippen LogP contribution in [-0.4, -0.2) is 51.0 Å². The number of benzene rings is 4. The van der Waals surface area contributed by atoms with Crippen LogP contribution in [-0.2, 0) is 0 Å². The highest BCUT2D eigenvalue weighted by Gasteiger charge is 2.05. The zero-order chi connectivity index (χ0) is 28.7. The van der Waals surface area contributed by atoms with Gasteiger partial charge in [0.25, 0.3) is 0 Å². The van der Waals surface area contributed by atoms with E-state index >= 15 is 0 Å². The standard InChI is InChI=1S/C36H38N6/c1-5-17-33-29(13-1)25-37-21-9-10-22-39-27-31-15-3-7-19-35(31)42-36-20-8-4-16-32(36)28-40-24-12-11-23-38-26-30-14-2-6-18-34(30)41-33/h1-8,13-20,25-28,41-42H,9-12,21-24H2. The molecule has 0 saturated carbocycles. The average molecular weight is 555 g/mol. The summed E-state index contributed by atoms with van der Waals surface area (Å²) in [6.45, 7) is 3.07. The molecular weight excluding hydrogens is 516 g/mol. The van der Waals surface area contributed by atoms with Crippen molar-refractivity contribution < 1.29 is 0 Å². The highest BCUT2D eigenvalue weighted by Crippen LogP contribution is 2.24. The van der Waals surface area contributed by atoms with Gasteiger partial charge in [-0.05, 0) is 49.9 Å². The van der Waals surface area contributed by atoms with E-state index in [4.69, 9.17) is 20.0 Å². The van der Waals surface area contributed by atoms with Gasteiger partial charge in [0.1, 0.15) is 0 Å². The normalized spacial score (nSPS) is 14.9. The van der Waals surface area contributed by atoms with Gasteiger partial charge < -0.3 is 10.6 Å². The summed E-state index contributed by atoms with van der Waals surface area (Å²) in [6.07, 6.45) is 11.8. The van der Waals surface area contributed by atoms with Crippen LogP contribution in [0.1, 0.15) is 47.9 Å². The van der Waals surface area contributed by atoms with Gasteiger partial charge in [-0.3, -0.25) is 20.0 Å². The quantitative estimate of drug-likeness (QED) is 0.230. The molecule has 0 saturated heterocycles. The van der Waals surface area contributed by atoms with E-state index in [9.17, 15) is 0 Å². The maximum atomic E-state index is 4.71. The fraction of sp³-hybridized carbons (Fsp3) is 0.222. The van der Waals surface area contributed by atoms with Gasteiger partial charge in [0.2, 0.25) is 0 Å². The first-order valence-electron chi connectivity index (χ1n) is 14.8. The van der Waals surface area contributed by atoms with Gasteiger partial charge in [0, 0.05) is 96.0 Å². The molecule has 0 radical (unpaired) electrons. The lowest BCUT2D eigenvalue weighted by molar-refractivity contribution is 0.760. The molecule has 0 spiro atoms. The maximum absolute atomic E-state index is 4.71. The Labute approximate surface area is 249 Å². The first-order chi connectivity index (χ1) is 20.9. The molecule has 5 rings (SSSR count). The number of hydrogen-bond acceptors (Lipinski definition) is 6. The van der Waals surface area contributed by atoms with E-state index in [1.54, 1.807) is 0 Å². The number of fused-ring (bicyclic) bond motifs is 4. The predicted octanol–water partition coefficient (Wildman–Crippen LogP) is 8.12. The summed E-state index contributed by atoms with van der Waals surface area (Å²) in [7, 11) is 0. The molecule has 0 aromatic heterocycles. The van der Waals surface area contributed by atoms with Crippen LogP contribution >= 0.6 is 0 Å². The van der Waals surface area contributed by atoms with Crippen molar-refractivity contribution in [3.05, 3.63) is 119 Å². The predicted molar refractivity (Wildman–Crippen MR) is 181 cm³/mol. The number of rotatable bonds is 0. The van der Waals surface area contributed by atoms with Gasteiger partial charge in [-0.2, -0.15) is 0 Å². The van der Waals surface area contributed by atoms with Crippen molar-refractivity contribution in [1.82, 2.24) is 0 Å². The molecule has 0 amide bonds. The van der Waals surface area contributed by atoms with E-state index < -0.39 is 0 Å². The molecule has 0 fully saturated rings. The van der Waals surface area contributed by atoms with E-state index in [1.165, 1.54) is 0 Å². The van der Waals surface area contributed by atoms with Gasteiger partial charge in [-0.1, -0.05) is 72.8 Å². The lowest BCUT2D eigenvalue weighted by atomic mass is 10.1. The van der Waals surface area contributed by atoms with E-state index in [2.05, 4.69) is 59.2 Å². The highest BCUT2D eigenvalue weighted by molar-refractivity contribution is 5.94. The number of anilines is 4. The van der Waals surface area contributed by atoms with Crippen molar-refractivity contribution in [2.75, 3.05) is 36.8 Å². The summed E-state index contributed by atoms with van der Waals surface area (Å²) in [5.41, 5.74) is 8.37. The zero-order valence-electron chi connectivity index (χ0n) is 24.0. The molecular formula is C36H38N6. The smallest absolute Gasteiger partial charge is 0.0473 e. The molecule has 1 aliphatic heterocycles. The average Bonchev–Trinajstić information content (AvgIpc) is 3.02. The van der Waals surface area contributed by atoms with Crippen LogP contribution in [0, 0.1) is 0 Å². The largest absolute Gasteiger partial charge is 0.354 e. The Kier molecular flexibility index (Phi) is 10.8. The van der Waals surface area contributed by atoms with E-state index in [0.717, 1.165) is 96.9 Å². The van der Waals surface area contributed by atoms with E-state index in [1.807, 2.05) is 73.4 Å². The lowest BCUT2D eigenvalue weighted by Crippen LogP contribution is -2.00. The summed E-state index contributed by atoms with van der Waals surface area (Å²) < 4.78 is 0. The molecule has 1 aliphatic rings. The van der Waals surface area contributed by atoms with E-state index in [0.29, 0.717) is 0 Å². The van der Waals surface area contributed by atoms with Crippen molar-refractivity contribution >= 4 is 47.6 Å². The van der Waals surface area contributed by atoms with E-state index in [-0.39, 0.29) is 0 Å². The third-order valence-electron chi connectivity index (χ3n) is 6.95. The molecule has 0 atom stereocenters. The molecule has 1 heterocycles. The number of para-hydroxylation sites is 4. The Bertz CT molecular complexity index is 1320. The zero-order valence-corrected chi connectivity index (χ0v) is 24.0. The van der Waals surface area contributed by atoms with Gasteiger partial charge in [-0.25, -0.2) is 0 Å². The minimum Gasteiger partial charge on any atom is -0.354 e. The monoisotopic (exact) mass is 554 g/mol. The first-order valence-corrected chi connectivity index (χ1v) is 14.8. The van der Waals surface area contributed by atoms with Crippen molar-refractivity contribution in [2.24, 2.45) is 20.0 Å². The summed E-state index contributed by atoms with van der Waals surface area (Å²) in [4.78, 5) is 18.8. The number of nitrogens with zero attached hydrogens (tertiary/aromatic N) is 4. The Hall–Kier alpha value is -4.84. The second-order valence-electron chi connectivity index (χ2n) is 10.2. The summed E-state index contributed by atoms with van der Waals surface area (Å²) in [6, 6.07) is 33.1. The fourth-order valence-electron chi connectivity index (χ4n) is 4.65. The molecule has 0 bridgehead atoms. The summed E-state index contributed by atoms with van der Waals surface area (Å²) in [5.74, 6) is 0. The van der Waals surface area contributed by atoms with Gasteiger partial charge >= 0.3 is 0 Å². The molecule has 42 heavy (non-hydrogen) atoms. The van der Waals surface area contributed by atoms with Crippen molar-refractivity contribution in [3.8, 4) is 0 Å². The number of hydrogen-bond donors (Lipinski definition) is 2. The second-order valence-corrected chi connectivity index (χ2v) is 10.2. The maximum Gasteiger partial charge on any atom is 0.0473 e. The summed E-state index contributed by atoms with van der Waals surface area (Å²) in [5, 5.41) is 7.19. The Balaban J connectivity index is 1.33. The van der Waals surface area contributed by atoms with Gasteiger partial charge in [-0.15, -0.1) is 0 Å². The Morgan fingerprint density at radius 2 is 0.571 bits per heavy atom. The van der Waals surface area contributed by atoms with Crippen molar-refractivity contribution in [2.45, 2.75) is 25.7 Å². The van der Waals surface area contributed by atoms with Crippen LogP contribution in [0.5, 0.6) is 0 Å². The third-order valence-corrected chi connectivity index (χ3v) is 6.95. The second kappa shape index (κ2) is 15.8. The third kappa shape index (κ3) is 8.58. The lowest BCUT2D eigenvalue weighted by Gasteiger charge is -2.12. The molecule has 4 aromatic carbocycles. The van der Waals surface area contributed by atoms with Crippen LogP contribution in [0.25, 0.3) is 0 Å². The topological polar surface area (TPSA) is 73.5 Å². The van der Waals surface area contributed by atoms with Crippen LogP contribution < -0.4 is 10.6 Å². The highest BCUT2D eigenvalue weighted by atomic mass is 14.9.